The second kappa shape index (κ2) is 16.9. The molecular weight excluding hydrogens is 556 g/mol. The van der Waals surface area contributed by atoms with Gasteiger partial charge >= 0.3 is 5.97 Å². The molecule has 44 heavy (non-hydrogen) atoms. The van der Waals surface area contributed by atoms with Crippen LogP contribution >= 0.6 is 0 Å². The van der Waals surface area contributed by atoms with E-state index in [0.29, 0.717) is 26.4 Å². The van der Waals surface area contributed by atoms with Gasteiger partial charge < -0.3 is 28.4 Å². The summed E-state index contributed by atoms with van der Waals surface area (Å²) in [5.41, 5.74) is 4.12. The van der Waals surface area contributed by atoms with Gasteiger partial charge in [0.2, 0.25) is 0 Å². The molecule has 0 bridgehead atoms. The number of hydrogen-bond acceptors (Lipinski definition) is 7. The molecule has 4 aromatic rings. The summed E-state index contributed by atoms with van der Waals surface area (Å²) in [5.74, 6) is -0.392. The highest BCUT2D eigenvalue weighted by molar-refractivity contribution is 5.65. The molecule has 5 atom stereocenters. The fraction of sp³-hybridized carbons (Fsp3) is 0.324. The van der Waals surface area contributed by atoms with Crippen LogP contribution in [-0.4, -0.2) is 49.7 Å². The van der Waals surface area contributed by atoms with Gasteiger partial charge in [-0.05, 0) is 22.3 Å². The Morgan fingerprint density at radius 2 is 0.886 bits per heavy atom. The Bertz CT molecular complexity index is 1370. The summed E-state index contributed by atoms with van der Waals surface area (Å²) in [5, 5.41) is 0. The summed E-state index contributed by atoms with van der Waals surface area (Å²) in [6.45, 7) is 3.11. The third kappa shape index (κ3) is 9.58. The van der Waals surface area contributed by atoms with E-state index in [1.165, 1.54) is 6.92 Å². The summed E-state index contributed by atoms with van der Waals surface area (Å²) in [4.78, 5) is 11.9. The van der Waals surface area contributed by atoms with Gasteiger partial charge in [0, 0.05) is 6.92 Å². The Kier molecular flexibility index (Phi) is 12.1. The molecule has 230 valence electrons. The molecule has 0 aliphatic carbocycles. The lowest BCUT2D eigenvalue weighted by Crippen LogP contribution is -2.62. The Hall–Kier alpha value is -3.85. The molecule has 0 spiro atoms. The molecular formula is C37H40O7. The Morgan fingerprint density at radius 1 is 0.523 bits per heavy atom. The second-order valence-corrected chi connectivity index (χ2v) is 10.8. The molecule has 4 aromatic carbocycles. The fourth-order valence-electron chi connectivity index (χ4n) is 5.22. The van der Waals surface area contributed by atoms with Crippen LogP contribution < -0.4 is 0 Å². The van der Waals surface area contributed by atoms with Crippen molar-refractivity contribution in [2.75, 3.05) is 13.2 Å². The van der Waals surface area contributed by atoms with E-state index in [1.54, 1.807) is 0 Å². The van der Waals surface area contributed by atoms with Gasteiger partial charge in [0.05, 0.1) is 33.0 Å². The van der Waals surface area contributed by atoms with Gasteiger partial charge in [0.15, 0.2) is 0 Å². The molecule has 0 radical (unpaired) electrons. The van der Waals surface area contributed by atoms with Crippen molar-refractivity contribution in [3.05, 3.63) is 144 Å². The van der Waals surface area contributed by atoms with E-state index in [2.05, 4.69) is 0 Å². The first-order valence-corrected chi connectivity index (χ1v) is 15.0. The zero-order valence-corrected chi connectivity index (χ0v) is 25.0. The first-order valence-electron chi connectivity index (χ1n) is 15.0. The maximum atomic E-state index is 11.9. The van der Waals surface area contributed by atoms with E-state index in [4.69, 9.17) is 28.4 Å². The van der Waals surface area contributed by atoms with Gasteiger partial charge in [-0.1, -0.05) is 121 Å². The standard InChI is InChI=1S/C37H40O7/c1-28(38)40-27-34-36(42-24-31-18-10-4-11-19-31)37(43-25-32-20-12-5-13-21-32)35(41-23-30-16-8-3-9-17-30)33(44-34)26-39-22-29-14-6-2-7-15-29/h2-21,33-37H,22-27H2,1H3/t33-,34+,35-,36+,37+/m1/s1. The Labute approximate surface area is 259 Å². The van der Waals surface area contributed by atoms with Crippen LogP contribution in [0.1, 0.15) is 29.2 Å². The summed E-state index contributed by atoms with van der Waals surface area (Å²) in [7, 11) is 0. The molecule has 1 heterocycles. The van der Waals surface area contributed by atoms with Crippen molar-refractivity contribution >= 4 is 5.97 Å². The molecule has 0 amide bonds. The number of carbonyl (C=O) groups excluding carboxylic acids is 1. The first kappa shape index (κ1) is 31.6. The lowest BCUT2D eigenvalue weighted by molar-refractivity contribution is -0.278. The van der Waals surface area contributed by atoms with E-state index >= 15 is 0 Å². The fourth-order valence-corrected chi connectivity index (χ4v) is 5.22. The first-order chi connectivity index (χ1) is 21.7. The Morgan fingerprint density at radius 3 is 1.30 bits per heavy atom. The molecule has 1 aliphatic heterocycles. The minimum atomic E-state index is -0.606. The van der Waals surface area contributed by atoms with Crippen LogP contribution in [0.15, 0.2) is 121 Å². The predicted molar refractivity (Wildman–Crippen MR) is 166 cm³/mol. The normalized spacial score (nSPS) is 21.5. The SMILES string of the molecule is CC(=O)OC[C@@H]1O[C@H](COCc2ccccc2)[C@@H](OCc2ccccc2)[C@H](OCc2ccccc2)[C@H]1OCc1ccccc1. The van der Waals surface area contributed by atoms with E-state index in [-0.39, 0.29) is 13.2 Å². The molecule has 1 saturated heterocycles. The maximum absolute atomic E-state index is 11.9. The molecule has 0 unspecified atom stereocenters. The number of ether oxygens (including phenoxy) is 6. The molecule has 1 aliphatic rings. The van der Waals surface area contributed by atoms with Gasteiger partial charge in [-0.15, -0.1) is 0 Å². The summed E-state index contributed by atoms with van der Waals surface area (Å²) < 4.78 is 38.1. The molecule has 5 rings (SSSR count). The quantitative estimate of drug-likeness (QED) is 0.149. The average molecular weight is 597 g/mol. The minimum absolute atomic E-state index is 0.0145. The van der Waals surface area contributed by atoms with Crippen molar-refractivity contribution in [3.63, 3.8) is 0 Å². The van der Waals surface area contributed by atoms with Gasteiger partial charge in [-0.3, -0.25) is 4.79 Å². The summed E-state index contributed by atoms with van der Waals surface area (Å²) >= 11 is 0. The van der Waals surface area contributed by atoms with Crippen LogP contribution in [0.2, 0.25) is 0 Å². The lowest BCUT2D eigenvalue weighted by atomic mass is 9.94. The van der Waals surface area contributed by atoms with Crippen LogP contribution in [0.5, 0.6) is 0 Å². The molecule has 1 fully saturated rings. The predicted octanol–water partition coefficient (Wildman–Crippen LogP) is 6.29. The van der Waals surface area contributed by atoms with Gasteiger partial charge in [0.25, 0.3) is 0 Å². The van der Waals surface area contributed by atoms with Crippen LogP contribution in [0.25, 0.3) is 0 Å². The molecule has 7 nitrogen and oxygen atoms in total. The van der Waals surface area contributed by atoms with Crippen molar-refractivity contribution < 1.29 is 33.2 Å². The van der Waals surface area contributed by atoms with E-state index < -0.39 is 36.5 Å². The zero-order valence-electron chi connectivity index (χ0n) is 25.0. The van der Waals surface area contributed by atoms with Crippen LogP contribution in [0.4, 0.5) is 0 Å². The third-order valence-electron chi connectivity index (χ3n) is 7.43. The van der Waals surface area contributed by atoms with Crippen LogP contribution in [0, 0.1) is 0 Å². The lowest BCUT2D eigenvalue weighted by Gasteiger charge is -2.46. The molecule has 0 saturated carbocycles. The zero-order chi connectivity index (χ0) is 30.4. The van der Waals surface area contributed by atoms with Crippen LogP contribution in [0.3, 0.4) is 0 Å². The number of rotatable bonds is 15. The molecule has 0 aromatic heterocycles. The van der Waals surface area contributed by atoms with Crippen molar-refractivity contribution in [1.29, 1.82) is 0 Å². The number of esters is 1. The highest BCUT2D eigenvalue weighted by atomic mass is 16.6. The van der Waals surface area contributed by atoms with Crippen molar-refractivity contribution in [2.24, 2.45) is 0 Å². The monoisotopic (exact) mass is 596 g/mol. The minimum Gasteiger partial charge on any atom is -0.463 e. The van der Waals surface area contributed by atoms with Crippen molar-refractivity contribution in [2.45, 2.75) is 63.9 Å². The van der Waals surface area contributed by atoms with Crippen molar-refractivity contribution in [1.82, 2.24) is 0 Å². The van der Waals surface area contributed by atoms with Gasteiger partial charge in [-0.25, -0.2) is 0 Å². The second-order valence-electron chi connectivity index (χ2n) is 10.8. The topological polar surface area (TPSA) is 72.5 Å². The number of carbonyl (C=O) groups is 1. The largest absolute Gasteiger partial charge is 0.463 e. The average Bonchev–Trinajstić information content (AvgIpc) is 3.07. The highest BCUT2D eigenvalue weighted by Gasteiger charge is 2.48. The molecule has 0 N–H and O–H groups in total. The van der Waals surface area contributed by atoms with Gasteiger partial charge in [-0.2, -0.15) is 0 Å². The summed E-state index contributed by atoms with van der Waals surface area (Å²) in [6, 6.07) is 39.9. The van der Waals surface area contributed by atoms with E-state index in [1.807, 2.05) is 121 Å². The smallest absolute Gasteiger partial charge is 0.302 e. The maximum Gasteiger partial charge on any atom is 0.302 e. The number of hydrogen-bond donors (Lipinski definition) is 0. The van der Waals surface area contributed by atoms with E-state index in [9.17, 15) is 4.79 Å². The van der Waals surface area contributed by atoms with E-state index in [0.717, 1.165) is 22.3 Å². The third-order valence-corrected chi connectivity index (χ3v) is 7.43. The van der Waals surface area contributed by atoms with Crippen molar-refractivity contribution in [3.8, 4) is 0 Å². The van der Waals surface area contributed by atoms with Crippen LogP contribution in [-0.2, 0) is 59.6 Å². The van der Waals surface area contributed by atoms with Gasteiger partial charge in [0.1, 0.15) is 37.1 Å². The summed E-state index contributed by atoms with van der Waals surface area (Å²) in [6.07, 6.45) is -2.80. The molecule has 7 heteroatoms. The Balaban J connectivity index is 1.42. The highest BCUT2D eigenvalue weighted by Crippen LogP contribution is 2.31. The number of benzene rings is 4.